The fraction of sp³-hybridized carbons (Fsp3) is 0.455. The fourth-order valence-electron chi connectivity index (χ4n) is 3.88. The third-order valence-electron chi connectivity index (χ3n) is 5.44. The number of ether oxygens (including phenoxy) is 2. The van der Waals surface area contributed by atoms with E-state index in [0.29, 0.717) is 40.8 Å². The minimum atomic E-state index is -0.753. The van der Waals surface area contributed by atoms with E-state index in [4.69, 9.17) is 25.9 Å². The largest absolute Gasteiger partial charge is 0.569 e. The number of fused-ring (bicyclic) bond motifs is 1. The van der Waals surface area contributed by atoms with Gasteiger partial charge in [-0.3, -0.25) is 4.98 Å². The van der Waals surface area contributed by atoms with Gasteiger partial charge >= 0.3 is 5.97 Å². The van der Waals surface area contributed by atoms with Gasteiger partial charge in [-0.1, -0.05) is 23.7 Å². The van der Waals surface area contributed by atoms with Crippen LogP contribution in [-0.2, 0) is 21.0 Å². The van der Waals surface area contributed by atoms with Crippen molar-refractivity contribution in [2.45, 2.75) is 58.5 Å². The van der Waals surface area contributed by atoms with Crippen LogP contribution in [0.4, 0.5) is 0 Å². The molecule has 2 atom stereocenters. The Morgan fingerprint density at radius 3 is 2.84 bits per heavy atom. The van der Waals surface area contributed by atoms with Crippen LogP contribution in [0.2, 0.25) is 5.02 Å². The number of carbonyl (C=O) groups is 1. The standard InChI is InChI=1S/C22H25ClN4O5/c1-13(2)32-25-27(29)26-10-4-5-19(26)22(28)31-20-14(3)24-11-17-18(20)12-30-21(17)15-6-8-16(23)9-7-15/h6-9,11,13,19,21H,4-5,10,12H2,1-3H3/b27-25-/t19-,21-/m0/s1. The summed E-state index contributed by atoms with van der Waals surface area (Å²) in [6.07, 6.45) is 2.34. The Hall–Kier alpha value is -2.91. The van der Waals surface area contributed by atoms with Gasteiger partial charge in [-0.05, 0) is 51.3 Å². The number of esters is 1. The lowest BCUT2D eigenvalue weighted by atomic mass is 10.0. The quantitative estimate of drug-likeness (QED) is 0.275. The van der Waals surface area contributed by atoms with Crippen molar-refractivity contribution in [3.63, 3.8) is 0 Å². The van der Waals surface area contributed by atoms with E-state index in [-0.39, 0.29) is 18.8 Å². The Labute approximate surface area is 191 Å². The van der Waals surface area contributed by atoms with Gasteiger partial charge in [0, 0.05) is 22.3 Å². The third-order valence-corrected chi connectivity index (χ3v) is 5.70. The van der Waals surface area contributed by atoms with Crippen molar-refractivity contribution in [2.75, 3.05) is 6.54 Å². The first-order valence-electron chi connectivity index (χ1n) is 10.5. The van der Waals surface area contributed by atoms with Gasteiger partial charge in [-0.2, -0.15) is 0 Å². The van der Waals surface area contributed by atoms with Crippen molar-refractivity contribution in [1.29, 1.82) is 0 Å². The predicted octanol–water partition coefficient (Wildman–Crippen LogP) is 4.25. The first-order valence-corrected chi connectivity index (χ1v) is 10.9. The fourth-order valence-corrected chi connectivity index (χ4v) is 4.00. The van der Waals surface area contributed by atoms with Crippen LogP contribution in [0, 0.1) is 12.1 Å². The van der Waals surface area contributed by atoms with Gasteiger partial charge in [0.25, 0.3) is 0 Å². The number of aryl methyl sites for hydroxylation is 1. The van der Waals surface area contributed by atoms with E-state index in [0.717, 1.165) is 16.7 Å². The van der Waals surface area contributed by atoms with Crippen LogP contribution in [0.3, 0.4) is 0 Å². The molecule has 0 unspecified atom stereocenters. The Balaban J connectivity index is 1.55. The normalized spacial score (nSPS) is 20.5. The van der Waals surface area contributed by atoms with Gasteiger partial charge in [0.05, 0.1) is 23.8 Å². The molecule has 32 heavy (non-hydrogen) atoms. The number of hydrazine groups is 1. The lowest BCUT2D eigenvalue weighted by Gasteiger charge is -2.20. The topological polar surface area (TPSA) is 99.3 Å². The molecular formula is C22H25ClN4O5. The van der Waals surface area contributed by atoms with E-state index in [1.807, 2.05) is 12.1 Å². The molecule has 3 heterocycles. The Kier molecular flexibility index (Phi) is 6.48. The molecule has 1 saturated heterocycles. The van der Waals surface area contributed by atoms with Crippen LogP contribution in [0.15, 0.2) is 35.7 Å². The van der Waals surface area contributed by atoms with Gasteiger partial charge in [-0.15, -0.1) is 5.01 Å². The summed E-state index contributed by atoms with van der Waals surface area (Å²) in [5, 5.41) is 17.8. The predicted molar refractivity (Wildman–Crippen MR) is 115 cm³/mol. The van der Waals surface area contributed by atoms with Crippen LogP contribution >= 0.6 is 11.6 Å². The lowest BCUT2D eigenvalue weighted by molar-refractivity contribution is -0.712. The van der Waals surface area contributed by atoms with Gasteiger partial charge in [0.15, 0.2) is 11.8 Å². The number of hydrogen-bond donors (Lipinski definition) is 0. The second-order valence-corrected chi connectivity index (χ2v) is 8.52. The summed E-state index contributed by atoms with van der Waals surface area (Å²) >= 11 is 6.00. The van der Waals surface area contributed by atoms with E-state index in [1.54, 1.807) is 39.1 Å². The van der Waals surface area contributed by atoms with Crippen molar-refractivity contribution < 1.29 is 24.1 Å². The van der Waals surface area contributed by atoms with Gasteiger partial charge in [0.1, 0.15) is 12.2 Å². The zero-order valence-electron chi connectivity index (χ0n) is 18.2. The highest BCUT2D eigenvalue weighted by molar-refractivity contribution is 6.30. The van der Waals surface area contributed by atoms with Crippen LogP contribution in [-0.4, -0.2) is 39.6 Å². The highest BCUT2D eigenvalue weighted by atomic mass is 35.5. The third kappa shape index (κ3) is 4.49. The molecular weight excluding hydrogens is 436 g/mol. The highest BCUT2D eigenvalue weighted by Crippen LogP contribution is 2.41. The second-order valence-electron chi connectivity index (χ2n) is 8.08. The summed E-state index contributed by atoms with van der Waals surface area (Å²) in [7, 11) is 0. The van der Waals surface area contributed by atoms with Gasteiger partial charge in [-0.25, -0.2) is 4.79 Å². The van der Waals surface area contributed by atoms with Crippen molar-refractivity contribution >= 4 is 17.6 Å². The molecule has 2 aliphatic rings. The highest BCUT2D eigenvalue weighted by Gasteiger charge is 2.40. The first-order chi connectivity index (χ1) is 15.3. The smallest absolute Gasteiger partial charge is 0.340 e. The average molecular weight is 461 g/mol. The molecule has 0 amide bonds. The number of nitrogens with zero attached hydrogens (tertiary/aromatic N) is 4. The zero-order valence-corrected chi connectivity index (χ0v) is 18.9. The Bertz CT molecular complexity index is 1030. The average Bonchev–Trinajstić information content (AvgIpc) is 3.42. The molecule has 170 valence electrons. The molecule has 0 spiro atoms. The second kappa shape index (κ2) is 9.30. The molecule has 2 aromatic rings. The lowest BCUT2D eigenvalue weighted by Crippen LogP contribution is -2.42. The SMILES string of the molecule is Cc1ncc2c(c1OC(=O)[C@@H]1CCCN1/[N+]([O-])=N/OC(C)C)CO[C@H]2c1ccc(Cl)cc1. The Morgan fingerprint density at radius 2 is 2.12 bits per heavy atom. The van der Waals surface area contributed by atoms with Crippen molar-refractivity contribution in [3.05, 3.63) is 63.1 Å². The summed E-state index contributed by atoms with van der Waals surface area (Å²) < 4.78 is 11.8. The van der Waals surface area contributed by atoms with Crippen molar-refractivity contribution in [2.24, 2.45) is 5.28 Å². The molecule has 0 N–H and O–H groups in total. The van der Waals surface area contributed by atoms with Crippen LogP contribution in [0.1, 0.15) is 55.2 Å². The first kappa shape index (κ1) is 22.3. The molecule has 2 aliphatic heterocycles. The maximum atomic E-state index is 13.0. The summed E-state index contributed by atoms with van der Waals surface area (Å²) in [6.45, 7) is 5.97. The maximum Gasteiger partial charge on any atom is 0.340 e. The molecule has 0 radical (unpaired) electrons. The number of rotatable bonds is 6. The zero-order chi connectivity index (χ0) is 22.8. The summed E-state index contributed by atoms with van der Waals surface area (Å²) in [4.78, 5) is 22.8. The molecule has 1 fully saturated rings. The van der Waals surface area contributed by atoms with E-state index in [2.05, 4.69) is 10.3 Å². The van der Waals surface area contributed by atoms with Crippen LogP contribution < -0.4 is 4.74 Å². The summed E-state index contributed by atoms with van der Waals surface area (Å²) in [5.74, 6) is -0.153. The van der Waals surface area contributed by atoms with Crippen LogP contribution in [0.25, 0.3) is 0 Å². The Morgan fingerprint density at radius 1 is 1.38 bits per heavy atom. The van der Waals surface area contributed by atoms with Crippen LogP contribution in [0.5, 0.6) is 5.75 Å². The molecule has 9 nitrogen and oxygen atoms in total. The van der Waals surface area contributed by atoms with Crippen molar-refractivity contribution in [3.8, 4) is 5.75 Å². The van der Waals surface area contributed by atoms with E-state index in [9.17, 15) is 10.0 Å². The maximum absolute atomic E-state index is 13.0. The monoisotopic (exact) mass is 460 g/mol. The number of hydrogen-bond acceptors (Lipinski definition) is 7. The molecule has 0 saturated carbocycles. The molecule has 1 aromatic heterocycles. The number of pyridine rings is 1. The number of aromatic nitrogens is 1. The number of halogens is 1. The molecule has 10 heteroatoms. The van der Waals surface area contributed by atoms with E-state index in [1.165, 1.54) is 5.01 Å². The number of benzene rings is 1. The molecule has 0 bridgehead atoms. The molecule has 1 aromatic carbocycles. The molecule has 4 rings (SSSR count). The minimum absolute atomic E-state index is 0.242. The van der Waals surface area contributed by atoms with Gasteiger partial charge in [0.2, 0.25) is 5.28 Å². The van der Waals surface area contributed by atoms with Crippen molar-refractivity contribution in [1.82, 2.24) is 9.99 Å². The molecule has 0 aliphatic carbocycles. The van der Waals surface area contributed by atoms with Gasteiger partial charge < -0.3 is 19.5 Å². The summed E-state index contributed by atoms with van der Waals surface area (Å²) in [5.41, 5.74) is 3.14. The number of carbonyl (C=O) groups excluding carboxylic acids is 1. The summed E-state index contributed by atoms with van der Waals surface area (Å²) in [6, 6.07) is 6.65. The van der Waals surface area contributed by atoms with E-state index < -0.39 is 12.0 Å². The van der Waals surface area contributed by atoms with E-state index >= 15 is 0 Å². The minimum Gasteiger partial charge on any atom is -0.569 e.